The fraction of sp³-hybridized carbons (Fsp3) is 0.400. The number of methoxy groups -OCH3 is 1. The van der Waals surface area contributed by atoms with Gasteiger partial charge in [-0.3, -0.25) is 0 Å². The molecule has 4 heteroatoms. The van der Waals surface area contributed by atoms with Crippen LogP contribution in [0, 0.1) is 11.8 Å². The van der Waals surface area contributed by atoms with Crippen LogP contribution in [0.25, 0.3) is 0 Å². The first-order valence-corrected chi connectivity index (χ1v) is 9.26. The van der Waals surface area contributed by atoms with E-state index in [1.165, 1.54) is 7.11 Å². The number of benzene rings is 1. The number of aliphatic hydroxyl groups excluding tert-OH is 1. The summed E-state index contributed by atoms with van der Waals surface area (Å²) in [6.07, 6.45) is -1.20. The molecule has 0 radical (unpaired) electrons. The van der Waals surface area contributed by atoms with Crippen molar-refractivity contribution in [3.05, 3.63) is 30.3 Å². The topological polar surface area (TPSA) is 46.5 Å². The normalized spacial score (nSPS) is 13.9. The lowest BCUT2D eigenvalue weighted by atomic mass is 10.2. The number of ether oxygens (including phenoxy) is 1. The van der Waals surface area contributed by atoms with Crippen LogP contribution in [0.1, 0.15) is 6.92 Å². The SMILES string of the molecule is CC#C[C@H]([C@@H](O)C(=O)OC)[Si](C)(C)c1ccccc1. The van der Waals surface area contributed by atoms with E-state index in [9.17, 15) is 9.90 Å². The van der Waals surface area contributed by atoms with E-state index in [1.54, 1.807) is 6.92 Å². The van der Waals surface area contributed by atoms with E-state index in [4.69, 9.17) is 0 Å². The molecule has 0 amide bonds. The second-order valence-electron chi connectivity index (χ2n) is 4.93. The molecule has 0 saturated heterocycles. The Morgan fingerprint density at radius 3 is 2.37 bits per heavy atom. The van der Waals surface area contributed by atoms with Crippen molar-refractivity contribution in [3.63, 3.8) is 0 Å². The average molecular weight is 276 g/mol. The standard InChI is InChI=1S/C15H20O3Si/c1-5-9-13(14(16)15(17)18-2)19(3,4)12-10-7-6-8-11-12/h6-8,10-11,13-14,16H,1-4H3/t13-,14-/m1/s1. The molecule has 0 unspecified atom stereocenters. The van der Waals surface area contributed by atoms with Crippen LogP contribution in [0.4, 0.5) is 0 Å². The molecule has 2 atom stereocenters. The van der Waals surface area contributed by atoms with Crippen LogP contribution in [-0.2, 0) is 9.53 Å². The van der Waals surface area contributed by atoms with Gasteiger partial charge in [0, 0.05) is 0 Å². The molecular weight excluding hydrogens is 256 g/mol. The van der Waals surface area contributed by atoms with E-state index in [0.717, 1.165) is 5.19 Å². The van der Waals surface area contributed by atoms with Gasteiger partial charge in [0.05, 0.1) is 12.7 Å². The van der Waals surface area contributed by atoms with Crippen LogP contribution in [0.2, 0.25) is 18.6 Å². The highest BCUT2D eigenvalue weighted by Crippen LogP contribution is 2.26. The van der Waals surface area contributed by atoms with Crippen LogP contribution in [0.3, 0.4) is 0 Å². The van der Waals surface area contributed by atoms with Gasteiger partial charge >= 0.3 is 5.97 Å². The van der Waals surface area contributed by atoms with E-state index in [-0.39, 0.29) is 5.54 Å². The van der Waals surface area contributed by atoms with Crippen molar-refractivity contribution >= 4 is 19.2 Å². The highest BCUT2D eigenvalue weighted by molar-refractivity contribution is 6.91. The quantitative estimate of drug-likeness (QED) is 0.515. The smallest absolute Gasteiger partial charge is 0.335 e. The number of aliphatic hydroxyl groups is 1. The lowest BCUT2D eigenvalue weighted by Gasteiger charge is -2.31. The molecular formula is C15H20O3Si. The number of carbonyl (C=O) groups excluding carboxylic acids is 1. The molecule has 19 heavy (non-hydrogen) atoms. The van der Waals surface area contributed by atoms with Crippen LogP contribution < -0.4 is 5.19 Å². The van der Waals surface area contributed by atoms with E-state index < -0.39 is 20.1 Å². The Bertz CT molecular complexity index is 485. The van der Waals surface area contributed by atoms with Gasteiger partial charge in [0.1, 0.15) is 8.07 Å². The monoisotopic (exact) mass is 276 g/mol. The Labute approximate surface area is 115 Å². The lowest BCUT2D eigenvalue weighted by molar-refractivity contribution is -0.150. The minimum atomic E-state index is -2.10. The summed E-state index contributed by atoms with van der Waals surface area (Å²) in [7, 11) is -0.820. The lowest BCUT2D eigenvalue weighted by Crippen LogP contribution is -2.51. The predicted molar refractivity (Wildman–Crippen MR) is 78.8 cm³/mol. The van der Waals surface area contributed by atoms with Crippen molar-refractivity contribution < 1.29 is 14.6 Å². The molecule has 3 nitrogen and oxygen atoms in total. The van der Waals surface area contributed by atoms with Gasteiger partial charge in [-0.1, -0.05) is 54.5 Å². The van der Waals surface area contributed by atoms with Gasteiger partial charge in [-0.25, -0.2) is 4.79 Å². The third kappa shape index (κ3) is 3.46. The van der Waals surface area contributed by atoms with Crippen molar-refractivity contribution in [3.8, 4) is 11.8 Å². The van der Waals surface area contributed by atoms with Crippen LogP contribution in [0.15, 0.2) is 30.3 Å². The molecule has 0 saturated carbocycles. The first kappa shape index (κ1) is 15.5. The molecule has 1 rings (SSSR count). The Morgan fingerprint density at radius 2 is 1.89 bits per heavy atom. The summed E-state index contributed by atoms with van der Waals surface area (Å²) in [5, 5.41) is 11.3. The molecule has 1 N–H and O–H groups in total. The van der Waals surface area contributed by atoms with Gasteiger partial charge in [-0.05, 0) is 6.92 Å². The number of rotatable bonds is 4. The van der Waals surface area contributed by atoms with Gasteiger partial charge in [-0.15, -0.1) is 5.92 Å². The zero-order valence-electron chi connectivity index (χ0n) is 11.8. The molecule has 1 aromatic carbocycles. The van der Waals surface area contributed by atoms with E-state index >= 15 is 0 Å². The zero-order chi connectivity index (χ0) is 14.5. The Kier molecular flexibility index (Phi) is 5.34. The first-order valence-electron chi connectivity index (χ1n) is 6.18. The maximum Gasteiger partial charge on any atom is 0.335 e. The minimum absolute atomic E-state index is 0.382. The summed E-state index contributed by atoms with van der Waals surface area (Å²) in [6.45, 7) is 5.92. The highest BCUT2D eigenvalue weighted by atomic mass is 28.3. The van der Waals surface area contributed by atoms with E-state index in [0.29, 0.717) is 0 Å². The van der Waals surface area contributed by atoms with E-state index in [2.05, 4.69) is 29.7 Å². The number of hydrogen-bond acceptors (Lipinski definition) is 3. The third-order valence-corrected chi connectivity index (χ3v) is 7.19. The van der Waals surface area contributed by atoms with Crippen LogP contribution in [-0.4, -0.2) is 32.4 Å². The number of carbonyl (C=O) groups is 1. The summed E-state index contributed by atoms with van der Waals surface area (Å²) in [5.74, 6) is 5.20. The van der Waals surface area contributed by atoms with Gasteiger partial charge in [0.15, 0.2) is 6.10 Å². The van der Waals surface area contributed by atoms with Crippen molar-refractivity contribution in [2.24, 2.45) is 0 Å². The summed E-state index contributed by atoms with van der Waals surface area (Å²) in [4.78, 5) is 11.6. The second-order valence-corrected chi connectivity index (χ2v) is 9.57. The first-order chi connectivity index (χ1) is 8.95. The molecule has 0 heterocycles. The minimum Gasteiger partial charge on any atom is -0.467 e. The maximum atomic E-state index is 11.6. The molecule has 0 bridgehead atoms. The fourth-order valence-corrected chi connectivity index (χ4v) is 4.95. The average Bonchev–Trinajstić information content (AvgIpc) is 2.43. The van der Waals surface area contributed by atoms with Crippen molar-refractivity contribution in [1.29, 1.82) is 0 Å². The number of esters is 1. The molecule has 0 aliphatic heterocycles. The highest BCUT2D eigenvalue weighted by Gasteiger charge is 2.40. The van der Waals surface area contributed by atoms with Crippen molar-refractivity contribution in [1.82, 2.24) is 0 Å². The molecule has 102 valence electrons. The van der Waals surface area contributed by atoms with Crippen LogP contribution >= 0.6 is 0 Å². The Hall–Kier alpha value is -1.57. The molecule has 0 spiro atoms. The summed E-state index contributed by atoms with van der Waals surface area (Å²) < 4.78 is 4.64. The third-order valence-electron chi connectivity index (χ3n) is 3.35. The zero-order valence-corrected chi connectivity index (χ0v) is 12.8. The molecule has 0 aromatic heterocycles. The summed E-state index contributed by atoms with van der Waals surface area (Å²) >= 11 is 0. The molecule has 0 fully saturated rings. The number of hydrogen-bond donors (Lipinski definition) is 1. The van der Waals surface area contributed by atoms with E-state index in [1.807, 2.05) is 30.3 Å². The summed E-state index contributed by atoms with van der Waals surface area (Å²) in [6, 6.07) is 9.93. The van der Waals surface area contributed by atoms with Crippen molar-refractivity contribution in [2.45, 2.75) is 31.7 Å². The van der Waals surface area contributed by atoms with Crippen LogP contribution in [0.5, 0.6) is 0 Å². The van der Waals surface area contributed by atoms with Gasteiger partial charge in [-0.2, -0.15) is 0 Å². The van der Waals surface area contributed by atoms with Gasteiger partial charge < -0.3 is 9.84 Å². The largest absolute Gasteiger partial charge is 0.467 e. The molecule has 1 aromatic rings. The van der Waals surface area contributed by atoms with Gasteiger partial charge in [0.25, 0.3) is 0 Å². The predicted octanol–water partition coefficient (Wildman–Crippen LogP) is 1.53. The Morgan fingerprint density at radius 1 is 1.32 bits per heavy atom. The fourth-order valence-electron chi connectivity index (χ4n) is 2.11. The summed E-state index contributed by atoms with van der Waals surface area (Å²) in [5.41, 5.74) is -0.382. The van der Waals surface area contributed by atoms with Crippen molar-refractivity contribution in [2.75, 3.05) is 7.11 Å². The molecule has 0 aliphatic carbocycles. The van der Waals surface area contributed by atoms with Gasteiger partial charge in [0.2, 0.25) is 0 Å². The maximum absolute atomic E-state index is 11.6. The molecule has 0 aliphatic rings. The Balaban J connectivity index is 3.17. The second kappa shape index (κ2) is 6.55.